The molecule has 0 amide bonds. The summed E-state index contributed by atoms with van der Waals surface area (Å²) in [5.74, 6) is 0.349. The SMILES string of the molecule is N/C(=N/OCc1nccs1)c1ccc(N2CCC(O)CC2)cc1. The number of hydrogen-bond acceptors (Lipinski definition) is 6. The van der Waals surface area contributed by atoms with Gasteiger partial charge >= 0.3 is 0 Å². The predicted molar refractivity (Wildman–Crippen MR) is 91.5 cm³/mol. The number of hydrogen-bond donors (Lipinski definition) is 2. The first-order chi connectivity index (χ1) is 11.2. The Morgan fingerprint density at radius 3 is 2.74 bits per heavy atom. The molecular weight excluding hydrogens is 312 g/mol. The van der Waals surface area contributed by atoms with Crippen molar-refractivity contribution in [3.63, 3.8) is 0 Å². The fourth-order valence-electron chi connectivity index (χ4n) is 2.50. The highest BCUT2D eigenvalue weighted by Crippen LogP contribution is 2.20. The summed E-state index contributed by atoms with van der Waals surface area (Å²) in [5, 5.41) is 16.3. The van der Waals surface area contributed by atoms with E-state index in [0.717, 1.165) is 42.2 Å². The summed E-state index contributed by atoms with van der Waals surface area (Å²) in [4.78, 5) is 11.6. The predicted octanol–water partition coefficient (Wildman–Crippen LogP) is 1.94. The van der Waals surface area contributed by atoms with E-state index in [-0.39, 0.29) is 6.10 Å². The average Bonchev–Trinajstić information content (AvgIpc) is 3.09. The third-order valence-corrected chi connectivity index (χ3v) is 4.58. The number of aliphatic hydroxyl groups is 1. The number of anilines is 1. The highest BCUT2D eigenvalue weighted by Gasteiger charge is 2.17. The molecule has 122 valence electrons. The van der Waals surface area contributed by atoms with Crippen molar-refractivity contribution in [1.29, 1.82) is 0 Å². The maximum absolute atomic E-state index is 9.57. The molecule has 23 heavy (non-hydrogen) atoms. The highest BCUT2D eigenvalue weighted by atomic mass is 32.1. The van der Waals surface area contributed by atoms with Gasteiger partial charge in [-0.3, -0.25) is 0 Å². The molecule has 7 heteroatoms. The van der Waals surface area contributed by atoms with Gasteiger partial charge in [0.05, 0.1) is 6.10 Å². The van der Waals surface area contributed by atoms with Gasteiger partial charge in [0.1, 0.15) is 5.01 Å². The second kappa shape index (κ2) is 7.43. The van der Waals surface area contributed by atoms with Crippen LogP contribution in [0, 0.1) is 0 Å². The molecular formula is C16H20N4O2S. The fraction of sp³-hybridized carbons (Fsp3) is 0.375. The van der Waals surface area contributed by atoms with E-state index in [0.29, 0.717) is 12.4 Å². The summed E-state index contributed by atoms with van der Waals surface area (Å²) in [7, 11) is 0. The van der Waals surface area contributed by atoms with Crippen molar-refractivity contribution in [3.05, 3.63) is 46.4 Å². The molecule has 1 aliphatic rings. The van der Waals surface area contributed by atoms with Crippen molar-refractivity contribution in [2.24, 2.45) is 10.9 Å². The fourth-order valence-corrected chi connectivity index (χ4v) is 3.02. The molecule has 2 aromatic rings. The molecule has 1 aromatic heterocycles. The van der Waals surface area contributed by atoms with Gasteiger partial charge in [0.15, 0.2) is 12.4 Å². The van der Waals surface area contributed by atoms with Gasteiger partial charge in [0, 0.05) is 35.9 Å². The van der Waals surface area contributed by atoms with Gasteiger partial charge in [0.2, 0.25) is 0 Å². The van der Waals surface area contributed by atoms with Crippen LogP contribution in [0.25, 0.3) is 0 Å². The highest BCUT2D eigenvalue weighted by molar-refractivity contribution is 7.09. The Kier molecular flexibility index (Phi) is 5.09. The minimum atomic E-state index is -0.164. The lowest BCUT2D eigenvalue weighted by Crippen LogP contribution is -2.35. The van der Waals surface area contributed by atoms with Crippen molar-refractivity contribution in [1.82, 2.24) is 4.98 Å². The van der Waals surface area contributed by atoms with Gasteiger partial charge < -0.3 is 20.6 Å². The first kappa shape index (κ1) is 15.8. The van der Waals surface area contributed by atoms with Gasteiger partial charge in [-0.25, -0.2) is 4.98 Å². The van der Waals surface area contributed by atoms with Crippen LogP contribution in [0.1, 0.15) is 23.4 Å². The molecule has 3 N–H and O–H groups in total. The number of aliphatic hydroxyl groups excluding tert-OH is 1. The van der Waals surface area contributed by atoms with E-state index in [9.17, 15) is 5.11 Å². The van der Waals surface area contributed by atoms with Crippen LogP contribution < -0.4 is 10.6 Å². The normalized spacial score (nSPS) is 16.6. The van der Waals surface area contributed by atoms with Crippen molar-refractivity contribution < 1.29 is 9.94 Å². The number of piperidine rings is 1. The van der Waals surface area contributed by atoms with Gasteiger partial charge in [-0.05, 0) is 37.1 Å². The number of oxime groups is 1. The summed E-state index contributed by atoms with van der Waals surface area (Å²) in [6.45, 7) is 2.08. The second-order valence-electron chi connectivity index (χ2n) is 5.44. The average molecular weight is 332 g/mol. The van der Waals surface area contributed by atoms with Gasteiger partial charge in [-0.2, -0.15) is 0 Å². The topological polar surface area (TPSA) is 84.0 Å². The Balaban J connectivity index is 1.57. The van der Waals surface area contributed by atoms with Gasteiger partial charge in [-0.1, -0.05) is 5.16 Å². The monoisotopic (exact) mass is 332 g/mol. The van der Waals surface area contributed by atoms with E-state index >= 15 is 0 Å². The molecule has 0 unspecified atom stereocenters. The third kappa shape index (κ3) is 4.20. The molecule has 6 nitrogen and oxygen atoms in total. The first-order valence-electron chi connectivity index (χ1n) is 7.59. The molecule has 1 aliphatic heterocycles. The minimum Gasteiger partial charge on any atom is -0.393 e. The number of amidine groups is 1. The molecule has 1 saturated heterocycles. The molecule has 1 aromatic carbocycles. The third-order valence-electron chi connectivity index (χ3n) is 3.83. The Labute approximate surface area is 139 Å². The zero-order valence-corrected chi connectivity index (χ0v) is 13.6. The summed E-state index contributed by atoms with van der Waals surface area (Å²) in [6.07, 6.45) is 3.20. The zero-order chi connectivity index (χ0) is 16.1. The van der Waals surface area contributed by atoms with E-state index in [1.165, 1.54) is 11.3 Å². The van der Waals surface area contributed by atoms with Crippen LogP contribution in [-0.4, -0.2) is 35.1 Å². The smallest absolute Gasteiger partial charge is 0.170 e. The van der Waals surface area contributed by atoms with Gasteiger partial charge in [0.25, 0.3) is 0 Å². The molecule has 1 fully saturated rings. The molecule has 0 aliphatic carbocycles. The van der Waals surface area contributed by atoms with Crippen molar-refractivity contribution in [2.75, 3.05) is 18.0 Å². The maximum Gasteiger partial charge on any atom is 0.170 e. The number of nitrogens with zero attached hydrogens (tertiary/aromatic N) is 3. The molecule has 0 bridgehead atoms. The van der Waals surface area contributed by atoms with Crippen molar-refractivity contribution in [3.8, 4) is 0 Å². The largest absolute Gasteiger partial charge is 0.393 e. The lowest BCUT2D eigenvalue weighted by Gasteiger charge is -2.31. The van der Waals surface area contributed by atoms with Crippen molar-refractivity contribution >= 4 is 22.9 Å². The Bertz CT molecular complexity index is 635. The van der Waals surface area contributed by atoms with Crippen LogP contribution in [0.2, 0.25) is 0 Å². The molecule has 0 atom stereocenters. The van der Waals surface area contributed by atoms with Crippen molar-refractivity contribution in [2.45, 2.75) is 25.6 Å². The quantitative estimate of drug-likeness (QED) is 0.497. The summed E-state index contributed by atoms with van der Waals surface area (Å²) in [6, 6.07) is 7.92. The Morgan fingerprint density at radius 1 is 1.35 bits per heavy atom. The molecule has 3 rings (SSSR count). The number of thiazole rings is 1. The van der Waals surface area contributed by atoms with E-state index in [2.05, 4.69) is 15.0 Å². The maximum atomic E-state index is 9.57. The van der Waals surface area contributed by atoms with Crippen LogP contribution in [0.5, 0.6) is 0 Å². The second-order valence-corrected chi connectivity index (χ2v) is 6.42. The summed E-state index contributed by atoms with van der Waals surface area (Å²) < 4.78 is 0. The number of rotatable bonds is 5. The summed E-state index contributed by atoms with van der Waals surface area (Å²) in [5.41, 5.74) is 7.90. The standard InChI is InChI=1S/C16H20N4O2S/c17-16(19-22-11-15-18-7-10-23-15)12-1-3-13(4-2-12)20-8-5-14(21)6-9-20/h1-4,7,10,14,21H,5-6,8-9,11H2,(H2,17,19). The Morgan fingerprint density at radius 2 is 2.09 bits per heavy atom. The molecule has 0 radical (unpaired) electrons. The number of aromatic nitrogens is 1. The zero-order valence-electron chi connectivity index (χ0n) is 12.8. The van der Waals surface area contributed by atoms with E-state index in [1.807, 2.05) is 29.6 Å². The minimum absolute atomic E-state index is 0.164. The number of benzene rings is 1. The van der Waals surface area contributed by atoms with E-state index in [4.69, 9.17) is 10.6 Å². The van der Waals surface area contributed by atoms with E-state index in [1.54, 1.807) is 6.20 Å². The summed E-state index contributed by atoms with van der Waals surface area (Å²) >= 11 is 1.52. The first-order valence-corrected chi connectivity index (χ1v) is 8.47. The Hall–Kier alpha value is -2.12. The van der Waals surface area contributed by atoms with Gasteiger partial charge in [-0.15, -0.1) is 11.3 Å². The number of nitrogens with two attached hydrogens (primary N) is 1. The van der Waals surface area contributed by atoms with E-state index < -0.39 is 0 Å². The van der Waals surface area contributed by atoms with Crippen LogP contribution >= 0.6 is 11.3 Å². The van der Waals surface area contributed by atoms with Crippen LogP contribution in [-0.2, 0) is 11.4 Å². The lowest BCUT2D eigenvalue weighted by atomic mass is 10.1. The van der Waals surface area contributed by atoms with Crippen LogP contribution in [0.15, 0.2) is 41.0 Å². The van der Waals surface area contributed by atoms with Crippen LogP contribution in [0.3, 0.4) is 0 Å². The molecule has 0 saturated carbocycles. The molecule has 0 spiro atoms. The van der Waals surface area contributed by atoms with Crippen LogP contribution in [0.4, 0.5) is 5.69 Å². The molecule has 2 heterocycles. The lowest BCUT2D eigenvalue weighted by molar-refractivity contribution is 0.130.